The number of benzene rings is 2. The van der Waals surface area contributed by atoms with Gasteiger partial charge in [-0.05, 0) is 36.1 Å². The lowest BCUT2D eigenvalue weighted by atomic mass is 9.93. The SMILES string of the molecule is Cc1ccccc1-c1cccc(C[N+](C)(C)C)c1C. The Bertz CT molecular complexity index is 576. The van der Waals surface area contributed by atoms with Gasteiger partial charge in [-0.15, -0.1) is 0 Å². The van der Waals surface area contributed by atoms with Crippen LogP contribution in [0.2, 0.25) is 0 Å². The first-order valence-electron chi connectivity index (χ1n) is 6.83. The fourth-order valence-corrected chi connectivity index (χ4v) is 2.53. The van der Waals surface area contributed by atoms with E-state index in [1.165, 1.54) is 27.8 Å². The summed E-state index contributed by atoms with van der Waals surface area (Å²) < 4.78 is 0.956. The van der Waals surface area contributed by atoms with Gasteiger partial charge >= 0.3 is 0 Å². The number of quaternary nitrogens is 1. The third-order valence-corrected chi connectivity index (χ3v) is 3.53. The van der Waals surface area contributed by atoms with Crippen molar-refractivity contribution in [1.29, 1.82) is 0 Å². The molecule has 0 fully saturated rings. The van der Waals surface area contributed by atoms with Crippen LogP contribution in [0.15, 0.2) is 42.5 Å². The molecule has 19 heavy (non-hydrogen) atoms. The molecule has 0 heterocycles. The van der Waals surface area contributed by atoms with E-state index in [9.17, 15) is 0 Å². The predicted octanol–water partition coefficient (Wildman–Crippen LogP) is 4.18. The highest BCUT2D eigenvalue weighted by atomic mass is 15.3. The van der Waals surface area contributed by atoms with Crippen LogP contribution in [0.4, 0.5) is 0 Å². The van der Waals surface area contributed by atoms with E-state index in [4.69, 9.17) is 0 Å². The van der Waals surface area contributed by atoms with Crippen molar-refractivity contribution in [3.05, 3.63) is 59.2 Å². The van der Waals surface area contributed by atoms with Crippen molar-refractivity contribution < 1.29 is 4.48 Å². The largest absolute Gasteiger partial charge is 0.327 e. The number of rotatable bonds is 3. The number of hydrogen-bond acceptors (Lipinski definition) is 0. The predicted molar refractivity (Wildman–Crippen MR) is 83.1 cm³/mol. The van der Waals surface area contributed by atoms with Crippen LogP contribution in [-0.4, -0.2) is 25.6 Å². The molecule has 0 bridgehead atoms. The zero-order valence-electron chi connectivity index (χ0n) is 12.7. The van der Waals surface area contributed by atoms with Crippen LogP contribution in [0, 0.1) is 13.8 Å². The van der Waals surface area contributed by atoms with E-state index in [0.717, 1.165) is 11.0 Å². The highest BCUT2D eigenvalue weighted by molar-refractivity contribution is 5.71. The molecule has 0 amide bonds. The Morgan fingerprint density at radius 3 is 2.05 bits per heavy atom. The molecule has 100 valence electrons. The molecule has 0 saturated carbocycles. The van der Waals surface area contributed by atoms with E-state index in [1.54, 1.807) is 0 Å². The maximum atomic E-state index is 2.25. The fraction of sp³-hybridized carbons (Fsp3) is 0.333. The molecule has 0 aliphatic rings. The van der Waals surface area contributed by atoms with Gasteiger partial charge in [0.15, 0.2) is 0 Å². The lowest BCUT2D eigenvalue weighted by molar-refractivity contribution is -0.884. The Kier molecular flexibility index (Phi) is 3.77. The summed E-state index contributed by atoms with van der Waals surface area (Å²) in [5.41, 5.74) is 6.90. The van der Waals surface area contributed by atoms with Gasteiger partial charge in [-0.3, -0.25) is 0 Å². The zero-order valence-corrected chi connectivity index (χ0v) is 12.7. The van der Waals surface area contributed by atoms with Crippen molar-refractivity contribution in [2.75, 3.05) is 21.1 Å². The highest BCUT2D eigenvalue weighted by Gasteiger charge is 2.13. The van der Waals surface area contributed by atoms with Crippen LogP contribution in [0.5, 0.6) is 0 Å². The summed E-state index contributed by atoms with van der Waals surface area (Å²) in [6.07, 6.45) is 0. The van der Waals surface area contributed by atoms with Crippen LogP contribution in [-0.2, 0) is 6.54 Å². The summed E-state index contributed by atoms with van der Waals surface area (Å²) in [5.74, 6) is 0. The molecule has 2 aromatic carbocycles. The second-order valence-electron chi connectivity index (χ2n) is 6.35. The van der Waals surface area contributed by atoms with E-state index in [0.29, 0.717) is 0 Å². The molecule has 0 spiro atoms. The average Bonchev–Trinajstić information content (AvgIpc) is 2.31. The summed E-state index contributed by atoms with van der Waals surface area (Å²) in [6, 6.07) is 15.3. The van der Waals surface area contributed by atoms with E-state index in [-0.39, 0.29) is 0 Å². The van der Waals surface area contributed by atoms with Gasteiger partial charge in [0.2, 0.25) is 0 Å². The maximum Gasteiger partial charge on any atom is 0.104 e. The smallest absolute Gasteiger partial charge is 0.104 e. The van der Waals surface area contributed by atoms with Gasteiger partial charge in [0.25, 0.3) is 0 Å². The Hall–Kier alpha value is -1.60. The van der Waals surface area contributed by atoms with Crippen molar-refractivity contribution in [1.82, 2.24) is 0 Å². The molecule has 0 aromatic heterocycles. The molecule has 0 N–H and O–H groups in total. The normalized spacial score (nSPS) is 11.6. The minimum atomic E-state index is 0.956. The molecular formula is C18H24N+. The molecule has 1 nitrogen and oxygen atoms in total. The van der Waals surface area contributed by atoms with Crippen molar-refractivity contribution in [2.45, 2.75) is 20.4 Å². The van der Waals surface area contributed by atoms with Gasteiger partial charge in [-0.1, -0.05) is 42.5 Å². The van der Waals surface area contributed by atoms with Gasteiger partial charge < -0.3 is 4.48 Å². The molecular weight excluding hydrogens is 230 g/mol. The van der Waals surface area contributed by atoms with Crippen molar-refractivity contribution >= 4 is 0 Å². The topological polar surface area (TPSA) is 0 Å². The summed E-state index contributed by atoms with van der Waals surface area (Å²) in [5, 5.41) is 0. The van der Waals surface area contributed by atoms with Crippen molar-refractivity contribution in [3.63, 3.8) is 0 Å². The first kappa shape index (κ1) is 13.8. The summed E-state index contributed by atoms with van der Waals surface area (Å²) in [6.45, 7) is 5.49. The summed E-state index contributed by atoms with van der Waals surface area (Å²) in [7, 11) is 6.71. The van der Waals surface area contributed by atoms with Gasteiger partial charge in [-0.25, -0.2) is 0 Å². The first-order chi connectivity index (χ1) is 8.88. The molecule has 1 heteroatoms. The maximum absolute atomic E-state index is 2.25. The van der Waals surface area contributed by atoms with Crippen LogP contribution in [0.1, 0.15) is 16.7 Å². The molecule has 0 aliphatic carbocycles. The van der Waals surface area contributed by atoms with Crippen LogP contribution >= 0.6 is 0 Å². The third-order valence-electron chi connectivity index (χ3n) is 3.53. The third kappa shape index (κ3) is 3.24. The van der Waals surface area contributed by atoms with E-state index in [2.05, 4.69) is 77.5 Å². The number of hydrogen-bond donors (Lipinski definition) is 0. The van der Waals surface area contributed by atoms with Crippen molar-refractivity contribution in [3.8, 4) is 11.1 Å². The van der Waals surface area contributed by atoms with Crippen LogP contribution < -0.4 is 0 Å². The van der Waals surface area contributed by atoms with Gasteiger partial charge in [-0.2, -0.15) is 0 Å². The molecule has 0 atom stereocenters. The number of aryl methyl sites for hydroxylation is 1. The lowest BCUT2D eigenvalue weighted by Gasteiger charge is -2.25. The fourth-order valence-electron chi connectivity index (χ4n) is 2.53. The first-order valence-corrected chi connectivity index (χ1v) is 6.83. The highest BCUT2D eigenvalue weighted by Crippen LogP contribution is 2.29. The minimum Gasteiger partial charge on any atom is -0.327 e. The Labute approximate surface area is 117 Å². The number of nitrogens with zero attached hydrogens (tertiary/aromatic N) is 1. The Morgan fingerprint density at radius 2 is 1.42 bits per heavy atom. The van der Waals surface area contributed by atoms with E-state index >= 15 is 0 Å². The Morgan fingerprint density at radius 1 is 0.789 bits per heavy atom. The standard InChI is InChI=1S/C18H24N/c1-14-9-6-7-11-17(14)18-12-8-10-16(15(18)2)13-19(3,4)5/h6-12H,13H2,1-5H3/q+1. The van der Waals surface area contributed by atoms with Crippen molar-refractivity contribution in [2.24, 2.45) is 0 Å². The van der Waals surface area contributed by atoms with E-state index < -0.39 is 0 Å². The monoisotopic (exact) mass is 254 g/mol. The molecule has 0 aliphatic heterocycles. The molecule has 0 radical (unpaired) electrons. The van der Waals surface area contributed by atoms with Crippen LogP contribution in [0.25, 0.3) is 11.1 Å². The second kappa shape index (κ2) is 5.18. The zero-order chi connectivity index (χ0) is 14.0. The molecule has 2 aromatic rings. The molecule has 0 unspecified atom stereocenters. The lowest BCUT2D eigenvalue weighted by Crippen LogP contribution is -2.33. The Balaban J connectivity index is 2.49. The summed E-state index contributed by atoms with van der Waals surface area (Å²) in [4.78, 5) is 0. The van der Waals surface area contributed by atoms with Gasteiger partial charge in [0.1, 0.15) is 6.54 Å². The quantitative estimate of drug-likeness (QED) is 0.721. The molecule has 2 rings (SSSR count). The van der Waals surface area contributed by atoms with Gasteiger partial charge in [0.05, 0.1) is 21.1 Å². The van der Waals surface area contributed by atoms with Crippen LogP contribution in [0.3, 0.4) is 0 Å². The van der Waals surface area contributed by atoms with Gasteiger partial charge in [0, 0.05) is 5.56 Å². The second-order valence-corrected chi connectivity index (χ2v) is 6.35. The average molecular weight is 254 g/mol. The summed E-state index contributed by atoms with van der Waals surface area (Å²) >= 11 is 0. The van der Waals surface area contributed by atoms with E-state index in [1.807, 2.05) is 0 Å². The minimum absolute atomic E-state index is 0.956. The molecule has 0 saturated heterocycles.